The van der Waals surface area contributed by atoms with Crippen LogP contribution in [0.2, 0.25) is 0 Å². The highest BCUT2D eigenvalue weighted by atomic mass is 19.1. The molecule has 0 radical (unpaired) electrons. The van der Waals surface area contributed by atoms with Crippen LogP contribution >= 0.6 is 0 Å². The van der Waals surface area contributed by atoms with E-state index in [9.17, 15) is 14.0 Å². The maximum atomic E-state index is 13.4. The zero-order valence-corrected chi connectivity index (χ0v) is 11.6. The van der Waals surface area contributed by atoms with E-state index >= 15 is 0 Å². The number of hydrogen-bond acceptors (Lipinski definition) is 3. The van der Waals surface area contributed by atoms with Crippen molar-refractivity contribution in [1.82, 2.24) is 4.90 Å². The third kappa shape index (κ3) is 4.22. The zero-order valence-electron chi connectivity index (χ0n) is 11.6. The number of nitrogens with two attached hydrogens (primary N) is 1. The monoisotopic (exact) mass is 282 g/mol. The van der Waals surface area contributed by atoms with Gasteiger partial charge in [-0.25, -0.2) is 4.39 Å². The maximum absolute atomic E-state index is 13.4. The molecule has 110 valence electrons. The first kappa shape index (κ1) is 15.9. The van der Waals surface area contributed by atoms with Gasteiger partial charge in [0.05, 0.1) is 5.69 Å². The summed E-state index contributed by atoms with van der Waals surface area (Å²) in [6.45, 7) is 3.97. The Bertz CT molecular complexity index is 503. The summed E-state index contributed by atoms with van der Waals surface area (Å²) in [4.78, 5) is 24.3. The van der Waals surface area contributed by atoms with Crippen molar-refractivity contribution in [3.8, 4) is 0 Å². The summed E-state index contributed by atoms with van der Waals surface area (Å²) in [6.07, 6.45) is 0.351. The van der Waals surface area contributed by atoms with Crippen LogP contribution in [-0.4, -0.2) is 34.5 Å². The third-order valence-electron chi connectivity index (χ3n) is 2.92. The summed E-state index contributed by atoms with van der Waals surface area (Å²) < 4.78 is 13.4. The van der Waals surface area contributed by atoms with Crippen molar-refractivity contribution in [3.63, 3.8) is 0 Å². The predicted octanol–water partition coefficient (Wildman–Crippen LogP) is 2.12. The fourth-order valence-corrected chi connectivity index (χ4v) is 1.82. The second-order valence-corrected chi connectivity index (χ2v) is 4.83. The van der Waals surface area contributed by atoms with Crippen LogP contribution in [0.25, 0.3) is 0 Å². The molecule has 0 saturated heterocycles. The van der Waals surface area contributed by atoms with Crippen LogP contribution in [0.5, 0.6) is 0 Å². The summed E-state index contributed by atoms with van der Waals surface area (Å²) in [5, 5.41) is 8.62. The first-order valence-electron chi connectivity index (χ1n) is 6.40. The van der Waals surface area contributed by atoms with Crippen LogP contribution in [0.1, 0.15) is 37.0 Å². The molecule has 0 heterocycles. The van der Waals surface area contributed by atoms with E-state index < -0.39 is 11.8 Å². The number of amides is 1. The van der Waals surface area contributed by atoms with Crippen molar-refractivity contribution >= 4 is 17.6 Å². The molecule has 0 bridgehead atoms. The lowest BCUT2D eigenvalue weighted by Crippen LogP contribution is -2.38. The van der Waals surface area contributed by atoms with Crippen LogP contribution in [0.4, 0.5) is 10.1 Å². The molecule has 3 N–H and O–H groups in total. The highest BCUT2D eigenvalue weighted by Gasteiger charge is 2.19. The minimum absolute atomic E-state index is 0.00734. The number of benzene rings is 1. The fourth-order valence-electron chi connectivity index (χ4n) is 1.82. The number of nitrogens with zero attached hydrogens (tertiary/aromatic N) is 1. The molecular formula is C14H19FN2O3. The van der Waals surface area contributed by atoms with Crippen LogP contribution in [0, 0.1) is 5.82 Å². The van der Waals surface area contributed by atoms with E-state index in [0.717, 1.165) is 6.07 Å². The lowest BCUT2D eigenvalue weighted by molar-refractivity contribution is -0.137. The highest BCUT2D eigenvalue weighted by molar-refractivity contribution is 5.94. The molecule has 0 aliphatic heterocycles. The SMILES string of the molecule is CC(C)N(CCCC(=O)O)C(=O)c1ccc(N)c(F)c1. The van der Waals surface area contributed by atoms with Gasteiger partial charge in [-0.05, 0) is 38.5 Å². The molecule has 0 aliphatic carbocycles. The van der Waals surface area contributed by atoms with Gasteiger partial charge < -0.3 is 15.7 Å². The van der Waals surface area contributed by atoms with Gasteiger partial charge in [-0.1, -0.05) is 0 Å². The average Bonchev–Trinajstić information content (AvgIpc) is 2.36. The van der Waals surface area contributed by atoms with Gasteiger partial charge in [0, 0.05) is 24.6 Å². The zero-order chi connectivity index (χ0) is 15.3. The smallest absolute Gasteiger partial charge is 0.303 e. The fraction of sp³-hybridized carbons (Fsp3) is 0.429. The van der Waals surface area contributed by atoms with Crippen molar-refractivity contribution in [2.45, 2.75) is 32.7 Å². The van der Waals surface area contributed by atoms with E-state index in [4.69, 9.17) is 10.8 Å². The summed E-state index contributed by atoms with van der Waals surface area (Å²) in [7, 11) is 0. The third-order valence-corrected chi connectivity index (χ3v) is 2.92. The van der Waals surface area contributed by atoms with E-state index in [-0.39, 0.29) is 29.6 Å². The summed E-state index contributed by atoms with van der Waals surface area (Å²) in [5.41, 5.74) is 5.57. The minimum atomic E-state index is -0.903. The van der Waals surface area contributed by atoms with Gasteiger partial charge in [-0.15, -0.1) is 0 Å². The van der Waals surface area contributed by atoms with Gasteiger partial charge in [0.25, 0.3) is 5.91 Å². The molecule has 6 heteroatoms. The molecule has 1 aromatic carbocycles. The second-order valence-electron chi connectivity index (χ2n) is 4.83. The van der Waals surface area contributed by atoms with Crippen LogP contribution in [0.15, 0.2) is 18.2 Å². The topological polar surface area (TPSA) is 83.6 Å². The van der Waals surface area contributed by atoms with Gasteiger partial charge in [0.2, 0.25) is 0 Å². The molecule has 0 fully saturated rings. The predicted molar refractivity (Wildman–Crippen MR) is 73.9 cm³/mol. The molecule has 1 amide bonds. The number of carbonyl (C=O) groups is 2. The Morgan fingerprint density at radius 2 is 2.05 bits per heavy atom. The number of anilines is 1. The van der Waals surface area contributed by atoms with E-state index in [1.165, 1.54) is 17.0 Å². The van der Waals surface area contributed by atoms with Crippen LogP contribution in [-0.2, 0) is 4.79 Å². The number of hydrogen-bond donors (Lipinski definition) is 2. The number of aliphatic carboxylic acids is 1. The molecule has 0 aromatic heterocycles. The number of halogens is 1. The Morgan fingerprint density at radius 1 is 1.40 bits per heavy atom. The van der Waals surface area contributed by atoms with Crippen molar-refractivity contribution in [1.29, 1.82) is 0 Å². The lowest BCUT2D eigenvalue weighted by Gasteiger charge is -2.26. The molecule has 5 nitrogen and oxygen atoms in total. The molecule has 0 unspecified atom stereocenters. The Kier molecular flexibility index (Phi) is 5.49. The molecule has 0 saturated carbocycles. The molecule has 1 aromatic rings. The first-order chi connectivity index (χ1) is 9.32. The van der Waals surface area contributed by atoms with Gasteiger partial charge in [0.15, 0.2) is 0 Å². The molecular weight excluding hydrogens is 263 g/mol. The number of rotatable bonds is 6. The molecule has 0 atom stereocenters. The summed E-state index contributed by atoms with van der Waals surface area (Å²) >= 11 is 0. The number of carboxylic acid groups (broad SMARTS) is 1. The number of nitrogen functional groups attached to an aromatic ring is 1. The van der Waals surface area contributed by atoms with Crippen molar-refractivity contribution in [2.75, 3.05) is 12.3 Å². The average molecular weight is 282 g/mol. The lowest BCUT2D eigenvalue weighted by atomic mass is 10.1. The summed E-state index contributed by atoms with van der Waals surface area (Å²) in [6, 6.07) is 3.81. The van der Waals surface area contributed by atoms with Crippen molar-refractivity contribution in [2.24, 2.45) is 0 Å². The molecule has 20 heavy (non-hydrogen) atoms. The standard InChI is InChI=1S/C14H19FN2O3/c1-9(2)17(7-3-4-13(18)19)14(20)10-5-6-12(16)11(15)8-10/h5-6,8-9H,3-4,7,16H2,1-2H3,(H,18,19). The van der Waals surface area contributed by atoms with Crippen molar-refractivity contribution < 1.29 is 19.1 Å². The second kappa shape index (κ2) is 6.88. The first-order valence-corrected chi connectivity index (χ1v) is 6.40. The van der Waals surface area contributed by atoms with Crippen LogP contribution in [0.3, 0.4) is 0 Å². The Balaban J connectivity index is 2.82. The summed E-state index contributed by atoms with van der Waals surface area (Å²) in [5.74, 6) is -1.87. The Morgan fingerprint density at radius 3 is 2.55 bits per heavy atom. The minimum Gasteiger partial charge on any atom is -0.481 e. The van der Waals surface area contributed by atoms with Crippen molar-refractivity contribution in [3.05, 3.63) is 29.6 Å². The largest absolute Gasteiger partial charge is 0.481 e. The normalized spacial score (nSPS) is 10.6. The van der Waals surface area contributed by atoms with E-state index in [1.807, 2.05) is 13.8 Å². The van der Waals surface area contributed by atoms with E-state index in [0.29, 0.717) is 13.0 Å². The Hall–Kier alpha value is -2.11. The molecule has 0 aliphatic rings. The molecule has 0 spiro atoms. The van der Waals surface area contributed by atoms with Gasteiger partial charge in [-0.2, -0.15) is 0 Å². The highest BCUT2D eigenvalue weighted by Crippen LogP contribution is 2.15. The van der Waals surface area contributed by atoms with E-state index in [1.54, 1.807) is 0 Å². The van der Waals surface area contributed by atoms with E-state index in [2.05, 4.69) is 0 Å². The van der Waals surface area contributed by atoms with Gasteiger partial charge in [-0.3, -0.25) is 9.59 Å². The quantitative estimate of drug-likeness (QED) is 0.783. The van der Waals surface area contributed by atoms with Gasteiger partial charge >= 0.3 is 5.97 Å². The number of carboxylic acids is 1. The number of carbonyl (C=O) groups excluding carboxylic acids is 1. The molecule has 1 rings (SSSR count). The van der Waals surface area contributed by atoms with Gasteiger partial charge in [0.1, 0.15) is 5.82 Å². The Labute approximate surface area is 117 Å². The maximum Gasteiger partial charge on any atom is 0.303 e. The van der Waals surface area contributed by atoms with Crippen LogP contribution < -0.4 is 5.73 Å².